The van der Waals surface area contributed by atoms with Crippen molar-refractivity contribution in [2.24, 2.45) is 11.3 Å². The number of carbonyl (C=O) groups excluding carboxylic acids is 1. The molecule has 208 valence electrons. The number of aromatic nitrogens is 1. The second kappa shape index (κ2) is 12.4. The van der Waals surface area contributed by atoms with E-state index in [2.05, 4.69) is 62.8 Å². The smallest absolute Gasteiger partial charge is 0.303 e. The number of carboxylic acid groups (broad SMARTS) is 1. The largest absolute Gasteiger partial charge is 0.870 e. The number of thiol groups is 1. The number of aromatic amines is 1. The van der Waals surface area contributed by atoms with Crippen molar-refractivity contribution in [3.05, 3.63) is 17.7 Å². The highest BCUT2D eigenvalue weighted by molar-refractivity contribution is 7.80. The molecule has 0 radical (unpaired) electrons. The first kappa shape index (κ1) is 30.8. The van der Waals surface area contributed by atoms with E-state index in [0.29, 0.717) is 18.2 Å². The number of H-pyrrole nitrogens is 1. The van der Waals surface area contributed by atoms with Crippen molar-refractivity contribution in [2.75, 3.05) is 24.5 Å². The molecule has 9 heteroatoms. The molecule has 5 N–H and O–H groups in total. The molecule has 0 spiro atoms. The zero-order chi connectivity index (χ0) is 26.7. The van der Waals surface area contributed by atoms with Gasteiger partial charge in [0.15, 0.2) is 0 Å². The standard InChI is InChI=1S/C28H43N3O4S.H2O/c1-27(2,3)17-20-19-7-8-21(32)25(24(19)30-26(20)36-28(4,5)6)31-15-12-18(13-16-31)11-14-29-22(33)9-10-23(34)35;/h7-8,18,30,32H,9-17H2,1-6H3,(H,29,33)(H,34,35);1H2. The average Bonchev–Trinajstić information content (AvgIpc) is 3.06. The van der Waals surface area contributed by atoms with Crippen LogP contribution in [0.2, 0.25) is 0 Å². The summed E-state index contributed by atoms with van der Waals surface area (Å²) in [6, 6.07) is 3.90. The van der Waals surface area contributed by atoms with E-state index in [1.165, 1.54) is 27.7 Å². The quantitative estimate of drug-likeness (QED) is 0.268. The lowest BCUT2D eigenvalue weighted by atomic mass is 9.88. The third-order valence-corrected chi connectivity index (χ3v) is 7.81. The average molecular weight is 536 g/mol. The van der Waals surface area contributed by atoms with E-state index in [9.17, 15) is 14.7 Å². The number of benzene rings is 1. The maximum Gasteiger partial charge on any atom is 0.303 e. The number of piperidine rings is 1. The van der Waals surface area contributed by atoms with Crippen molar-refractivity contribution >= 4 is 40.2 Å². The number of carboxylic acids is 1. The van der Waals surface area contributed by atoms with E-state index in [-0.39, 0.29) is 34.4 Å². The van der Waals surface area contributed by atoms with Crippen LogP contribution in [-0.4, -0.2) is 56.9 Å². The number of nitrogens with one attached hydrogen (secondary N) is 2. The summed E-state index contributed by atoms with van der Waals surface area (Å²) in [6.07, 6.45) is 3.73. The van der Waals surface area contributed by atoms with Gasteiger partial charge in [0.05, 0.1) is 11.9 Å². The Hall–Kier alpha value is -2.39. The van der Waals surface area contributed by atoms with Gasteiger partial charge in [-0.15, -0.1) is 0 Å². The van der Waals surface area contributed by atoms with E-state index in [1.807, 2.05) is 6.07 Å². The van der Waals surface area contributed by atoms with Crippen LogP contribution in [0.5, 0.6) is 5.75 Å². The molecule has 1 amide bonds. The molecule has 0 saturated carbocycles. The number of nitrogens with zero attached hydrogens (tertiary/aromatic N) is 1. The zero-order valence-corrected chi connectivity index (χ0v) is 24.0. The minimum Gasteiger partial charge on any atom is -0.870 e. The lowest BCUT2D eigenvalue weighted by molar-refractivity contribution is -0.138. The lowest BCUT2D eigenvalue weighted by Crippen LogP contribution is -2.35. The Morgan fingerprint density at radius 3 is 2.32 bits per heavy atom. The summed E-state index contributed by atoms with van der Waals surface area (Å²) >= 11 is 1.25. The fourth-order valence-corrected chi connectivity index (χ4v) is 6.08. The molecule has 1 aliphatic heterocycles. The Morgan fingerprint density at radius 2 is 1.76 bits per heavy atom. The molecule has 1 fully saturated rings. The summed E-state index contributed by atoms with van der Waals surface area (Å²) in [5, 5.41) is 24.9. The highest BCUT2D eigenvalue weighted by Gasteiger charge is 2.31. The van der Waals surface area contributed by atoms with Crippen molar-refractivity contribution in [3.8, 4) is 5.75 Å². The maximum absolute atomic E-state index is 11.8. The van der Waals surface area contributed by atoms with Crippen LogP contribution >= 0.6 is 0 Å². The molecule has 2 aromatic rings. The van der Waals surface area contributed by atoms with E-state index in [1.54, 1.807) is 0 Å². The van der Waals surface area contributed by atoms with E-state index in [0.717, 1.165) is 50.0 Å². The monoisotopic (exact) mass is 535 g/mol. The lowest BCUT2D eigenvalue weighted by Gasteiger charge is -2.34. The number of phenols is 1. The molecule has 37 heavy (non-hydrogen) atoms. The number of phenolic OH excluding ortho intramolecular Hbond substituents is 1. The first-order valence-corrected chi connectivity index (χ1v) is 14.0. The number of hydrogen-bond acceptors (Lipinski definition) is 5. The van der Waals surface area contributed by atoms with Crippen LogP contribution in [0.4, 0.5) is 5.69 Å². The number of carbonyl (C=O) groups is 2. The second-order valence-corrected chi connectivity index (χ2v) is 14.3. The number of amides is 1. The van der Waals surface area contributed by atoms with Gasteiger partial charge in [-0.25, -0.2) is 0 Å². The molecule has 1 aromatic carbocycles. The fraction of sp³-hybridized carbons (Fsp3) is 0.643. The van der Waals surface area contributed by atoms with E-state index >= 15 is 0 Å². The first-order chi connectivity index (χ1) is 16.7. The van der Waals surface area contributed by atoms with Crippen molar-refractivity contribution in [3.63, 3.8) is 0 Å². The molecular formula is C28H45N3O5S. The molecule has 3 rings (SSSR count). The Balaban J connectivity index is 0.00000481. The van der Waals surface area contributed by atoms with Crippen LogP contribution in [0, 0.1) is 11.3 Å². The zero-order valence-electron chi connectivity index (χ0n) is 23.1. The summed E-state index contributed by atoms with van der Waals surface area (Å²) < 4.78 is 0.122. The summed E-state index contributed by atoms with van der Waals surface area (Å²) in [5.41, 5.74) is 3.43. The Bertz CT molecular complexity index is 1080. The Kier molecular flexibility index (Phi) is 10.4. The molecule has 1 aliphatic rings. The number of anilines is 1. The van der Waals surface area contributed by atoms with Crippen molar-refractivity contribution in [1.29, 1.82) is 0 Å². The van der Waals surface area contributed by atoms with Gasteiger partial charge in [-0.05, 0) is 69.9 Å². The van der Waals surface area contributed by atoms with Crippen LogP contribution in [0.1, 0.15) is 79.2 Å². The molecule has 1 saturated heterocycles. The molecule has 0 aliphatic carbocycles. The SMILES string of the molecule is CC(C)(C)Cc1c([SH+]C(C)(C)C)[nH]c2c(N3CCC(CCNC(=O)CCC(=O)O)CC3)c(O)ccc12.[OH-]. The topological polar surface area (TPSA) is 136 Å². The van der Waals surface area contributed by atoms with Crippen LogP contribution in [0.3, 0.4) is 0 Å². The van der Waals surface area contributed by atoms with Gasteiger partial charge < -0.3 is 30.9 Å². The maximum atomic E-state index is 11.8. The van der Waals surface area contributed by atoms with Crippen LogP contribution in [0.25, 0.3) is 10.9 Å². The van der Waals surface area contributed by atoms with E-state index < -0.39 is 5.97 Å². The minimum absolute atomic E-state index is 0. The van der Waals surface area contributed by atoms with Gasteiger partial charge in [-0.3, -0.25) is 9.59 Å². The molecule has 8 nitrogen and oxygen atoms in total. The van der Waals surface area contributed by atoms with Gasteiger partial charge in [0.25, 0.3) is 0 Å². The number of aliphatic carboxylic acids is 1. The van der Waals surface area contributed by atoms with Gasteiger partial charge >= 0.3 is 5.97 Å². The van der Waals surface area contributed by atoms with Gasteiger partial charge in [0.1, 0.15) is 16.2 Å². The van der Waals surface area contributed by atoms with Crippen LogP contribution in [-0.2, 0) is 27.8 Å². The number of aromatic hydroxyl groups is 1. The molecule has 2 heterocycles. The fourth-order valence-electron chi connectivity index (χ4n) is 4.91. The summed E-state index contributed by atoms with van der Waals surface area (Å²) in [7, 11) is 0. The van der Waals surface area contributed by atoms with Crippen LogP contribution in [0.15, 0.2) is 17.2 Å². The number of fused-ring (bicyclic) bond motifs is 1. The van der Waals surface area contributed by atoms with Gasteiger partial charge in [0, 0.05) is 48.8 Å². The Labute approximate surface area is 224 Å². The molecule has 0 atom stereocenters. The number of rotatable bonds is 9. The van der Waals surface area contributed by atoms with Crippen molar-refractivity contribution < 1.29 is 25.3 Å². The predicted octanol–water partition coefficient (Wildman–Crippen LogP) is 4.85. The molecule has 0 unspecified atom stereocenters. The van der Waals surface area contributed by atoms with Crippen molar-refractivity contribution in [1.82, 2.24) is 10.3 Å². The van der Waals surface area contributed by atoms with Crippen molar-refractivity contribution in [2.45, 2.75) is 89.8 Å². The normalized spacial score (nSPS) is 15.0. The third kappa shape index (κ3) is 8.85. The summed E-state index contributed by atoms with van der Waals surface area (Å²) in [6.45, 7) is 15.8. The Morgan fingerprint density at radius 1 is 1.11 bits per heavy atom. The van der Waals surface area contributed by atoms with Gasteiger partial charge in [-0.1, -0.05) is 20.8 Å². The van der Waals surface area contributed by atoms with Gasteiger partial charge in [0.2, 0.25) is 10.9 Å². The highest BCUT2D eigenvalue weighted by atomic mass is 32.2. The second-order valence-electron chi connectivity index (χ2n) is 12.3. The number of hydrogen-bond donors (Lipinski definition) is 4. The minimum atomic E-state index is -0.951. The predicted molar refractivity (Wildman–Crippen MR) is 151 cm³/mol. The van der Waals surface area contributed by atoms with E-state index in [4.69, 9.17) is 5.11 Å². The summed E-state index contributed by atoms with van der Waals surface area (Å²) in [4.78, 5) is 28.4. The highest BCUT2D eigenvalue weighted by Crippen LogP contribution is 2.42. The molecule has 0 bridgehead atoms. The molecule has 1 aromatic heterocycles. The third-order valence-electron chi connectivity index (χ3n) is 6.54. The summed E-state index contributed by atoms with van der Waals surface area (Å²) in [5.74, 6) is -0.338. The van der Waals surface area contributed by atoms with Crippen LogP contribution < -0.4 is 10.2 Å². The molecular weight excluding hydrogens is 490 g/mol. The first-order valence-electron chi connectivity index (χ1n) is 13.1. The van der Waals surface area contributed by atoms with Gasteiger partial charge in [-0.2, -0.15) is 0 Å².